The third kappa shape index (κ3) is 1.54. The lowest BCUT2D eigenvalue weighted by Gasteiger charge is -2.39. The van der Waals surface area contributed by atoms with E-state index in [-0.39, 0.29) is 0 Å². The Morgan fingerprint density at radius 1 is 1.14 bits per heavy atom. The van der Waals surface area contributed by atoms with Crippen LogP contribution in [0.15, 0.2) is 36.5 Å². The molecule has 0 amide bonds. The molecule has 3 saturated carbocycles. The minimum absolute atomic E-state index is 0.490. The highest BCUT2D eigenvalue weighted by molar-refractivity contribution is 5.79. The van der Waals surface area contributed by atoms with Crippen LogP contribution in [0.3, 0.4) is 0 Å². The third-order valence-corrected chi connectivity index (χ3v) is 6.59. The fourth-order valence-electron chi connectivity index (χ4n) is 5.79. The topological polar surface area (TPSA) is 33.1 Å². The smallest absolute Gasteiger partial charge is 0.0930 e. The number of hydrogen-bond donors (Lipinski definition) is 1. The number of pyridine rings is 1. The summed E-state index contributed by atoms with van der Waals surface area (Å²) >= 11 is 0. The molecule has 1 N–H and O–H groups in total. The first-order chi connectivity index (χ1) is 10.3. The average Bonchev–Trinajstić information content (AvgIpc) is 3.18. The molecule has 2 bridgehead atoms. The third-order valence-electron chi connectivity index (χ3n) is 6.59. The summed E-state index contributed by atoms with van der Waals surface area (Å²) in [5, 5.41) is 12.6. The van der Waals surface area contributed by atoms with Gasteiger partial charge >= 0.3 is 0 Å². The van der Waals surface area contributed by atoms with Crippen LogP contribution >= 0.6 is 0 Å². The lowest BCUT2D eigenvalue weighted by molar-refractivity contribution is -0.0511. The lowest BCUT2D eigenvalue weighted by atomic mass is 9.70. The Labute approximate surface area is 125 Å². The summed E-state index contributed by atoms with van der Waals surface area (Å²) < 4.78 is 0. The van der Waals surface area contributed by atoms with Crippen molar-refractivity contribution in [3.63, 3.8) is 0 Å². The molecule has 0 aliphatic heterocycles. The Morgan fingerprint density at radius 2 is 2.05 bits per heavy atom. The first-order valence-corrected chi connectivity index (χ1v) is 8.33. The van der Waals surface area contributed by atoms with Gasteiger partial charge in [0.05, 0.1) is 11.1 Å². The zero-order valence-corrected chi connectivity index (χ0v) is 12.2. The number of benzene rings is 1. The van der Waals surface area contributed by atoms with E-state index < -0.39 is 5.60 Å². The van der Waals surface area contributed by atoms with Crippen molar-refractivity contribution in [1.29, 1.82) is 0 Å². The first-order valence-electron chi connectivity index (χ1n) is 8.33. The standard InChI is InChI=1S/C19H21NO/c21-19(11-13-10-17(19)16-5-1-4-15(13)16)14-6-7-18-12(9-14)3-2-8-20-18/h2-3,6-9,13,15-17,21H,1,4-5,10-11H2. The molecular formula is C19H21NO. The van der Waals surface area contributed by atoms with Gasteiger partial charge in [-0.3, -0.25) is 4.98 Å². The van der Waals surface area contributed by atoms with E-state index in [1.165, 1.54) is 25.7 Å². The van der Waals surface area contributed by atoms with Gasteiger partial charge in [0.15, 0.2) is 0 Å². The van der Waals surface area contributed by atoms with Crippen LogP contribution in [0.25, 0.3) is 10.9 Å². The zero-order valence-electron chi connectivity index (χ0n) is 12.2. The number of aliphatic hydroxyl groups is 1. The first kappa shape index (κ1) is 12.2. The molecule has 1 aromatic carbocycles. The van der Waals surface area contributed by atoms with Gasteiger partial charge in [-0.05, 0) is 73.1 Å². The van der Waals surface area contributed by atoms with E-state index in [1.54, 1.807) is 0 Å². The van der Waals surface area contributed by atoms with E-state index in [4.69, 9.17) is 0 Å². The van der Waals surface area contributed by atoms with Crippen molar-refractivity contribution in [2.24, 2.45) is 23.7 Å². The van der Waals surface area contributed by atoms with Crippen LogP contribution in [-0.4, -0.2) is 10.1 Å². The second-order valence-corrected chi connectivity index (χ2v) is 7.40. The second-order valence-electron chi connectivity index (χ2n) is 7.40. The summed E-state index contributed by atoms with van der Waals surface area (Å²) in [5.74, 6) is 2.94. The van der Waals surface area contributed by atoms with Crippen LogP contribution < -0.4 is 0 Å². The lowest BCUT2D eigenvalue weighted by Crippen LogP contribution is -2.38. The van der Waals surface area contributed by atoms with Crippen LogP contribution in [0.5, 0.6) is 0 Å². The number of aromatic nitrogens is 1. The van der Waals surface area contributed by atoms with Crippen molar-refractivity contribution in [1.82, 2.24) is 4.98 Å². The van der Waals surface area contributed by atoms with E-state index in [9.17, 15) is 5.11 Å². The maximum Gasteiger partial charge on any atom is 0.0930 e. The highest BCUT2D eigenvalue weighted by Gasteiger charge is 2.60. The molecule has 5 unspecified atom stereocenters. The monoisotopic (exact) mass is 279 g/mol. The minimum atomic E-state index is -0.583. The van der Waals surface area contributed by atoms with E-state index >= 15 is 0 Å². The summed E-state index contributed by atoms with van der Waals surface area (Å²) in [6.07, 6.45) is 8.17. The van der Waals surface area contributed by atoms with E-state index in [0.717, 1.165) is 40.6 Å². The summed E-state index contributed by atoms with van der Waals surface area (Å²) in [6.45, 7) is 0. The summed E-state index contributed by atoms with van der Waals surface area (Å²) in [5.41, 5.74) is 1.56. The molecule has 3 fully saturated rings. The van der Waals surface area contributed by atoms with Crippen molar-refractivity contribution in [3.05, 3.63) is 42.1 Å². The molecule has 2 heteroatoms. The van der Waals surface area contributed by atoms with Crippen LogP contribution in [0.4, 0.5) is 0 Å². The summed E-state index contributed by atoms with van der Waals surface area (Å²) in [4.78, 5) is 4.39. The van der Waals surface area contributed by atoms with Gasteiger partial charge in [-0.15, -0.1) is 0 Å². The quantitative estimate of drug-likeness (QED) is 0.859. The molecule has 0 saturated heterocycles. The molecule has 5 atom stereocenters. The van der Waals surface area contributed by atoms with Gasteiger partial charge in [0.25, 0.3) is 0 Å². The summed E-state index contributed by atoms with van der Waals surface area (Å²) in [7, 11) is 0. The Morgan fingerprint density at radius 3 is 3.00 bits per heavy atom. The average molecular weight is 279 g/mol. The molecule has 0 radical (unpaired) electrons. The highest BCUT2D eigenvalue weighted by Crippen LogP contribution is 2.65. The number of rotatable bonds is 1. The Bertz CT molecular complexity index is 712. The van der Waals surface area contributed by atoms with Gasteiger partial charge in [-0.2, -0.15) is 0 Å². The maximum atomic E-state index is 11.4. The molecule has 108 valence electrons. The Balaban J connectivity index is 1.59. The molecule has 0 spiro atoms. The largest absolute Gasteiger partial charge is 0.385 e. The van der Waals surface area contributed by atoms with Crippen LogP contribution in [0, 0.1) is 23.7 Å². The van der Waals surface area contributed by atoms with Gasteiger partial charge in [0, 0.05) is 11.6 Å². The SMILES string of the molecule is OC1(c2ccc3ncccc3c2)CC2CC1C1CCCC21. The van der Waals surface area contributed by atoms with E-state index in [1.807, 2.05) is 12.3 Å². The van der Waals surface area contributed by atoms with Gasteiger partial charge in [-0.1, -0.05) is 18.6 Å². The molecule has 2 aromatic rings. The van der Waals surface area contributed by atoms with Crippen LogP contribution in [0.2, 0.25) is 0 Å². The van der Waals surface area contributed by atoms with Crippen molar-refractivity contribution in [3.8, 4) is 0 Å². The molecule has 3 aliphatic carbocycles. The Hall–Kier alpha value is -1.41. The fraction of sp³-hybridized carbons (Fsp3) is 0.526. The van der Waals surface area contributed by atoms with Gasteiger partial charge in [-0.25, -0.2) is 0 Å². The minimum Gasteiger partial charge on any atom is -0.385 e. The van der Waals surface area contributed by atoms with Crippen molar-refractivity contribution in [2.45, 2.75) is 37.7 Å². The fourth-order valence-corrected chi connectivity index (χ4v) is 5.79. The maximum absolute atomic E-state index is 11.4. The number of nitrogens with zero attached hydrogens (tertiary/aromatic N) is 1. The number of hydrogen-bond acceptors (Lipinski definition) is 2. The van der Waals surface area contributed by atoms with E-state index in [0.29, 0.717) is 5.92 Å². The normalized spacial score (nSPS) is 40.8. The van der Waals surface area contributed by atoms with Crippen molar-refractivity contribution in [2.75, 3.05) is 0 Å². The second kappa shape index (κ2) is 4.07. The summed E-state index contributed by atoms with van der Waals surface area (Å²) in [6, 6.07) is 10.4. The molecule has 2 nitrogen and oxygen atoms in total. The number of fused-ring (bicyclic) bond motifs is 6. The predicted octanol–water partition coefficient (Wildman–Crippen LogP) is 3.88. The predicted molar refractivity (Wildman–Crippen MR) is 82.7 cm³/mol. The molecule has 1 heterocycles. The highest BCUT2D eigenvalue weighted by atomic mass is 16.3. The van der Waals surface area contributed by atoms with Crippen molar-refractivity contribution >= 4 is 10.9 Å². The van der Waals surface area contributed by atoms with Crippen LogP contribution in [-0.2, 0) is 5.60 Å². The molecule has 3 aliphatic rings. The van der Waals surface area contributed by atoms with Crippen molar-refractivity contribution < 1.29 is 5.11 Å². The molecular weight excluding hydrogens is 258 g/mol. The molecule has 21 heavy (non-hydrogen) atoms. The van der Waals surface area contributed by atoms with E-state index in [2.05, 4.69) is 29.2 Å². The molecule has 1 aromatic heterocycles. The molecule has 5 rings (SSSR count). The van der Waals surface area contributed by atoms with Gasteiger partial charge in [0.1, 0.15) is 0 Å². The Kier molecular flexibility index (Phi) is 2.36. The zero-order chi connectivity index (χ0) is 14.0. The van der Waals surface area contributed by atoms with Gasteiger partial charge < -0.3 is 5.11 Å². The van der Waals surface area contributed by atoms with Gasteiger partial charge in [0.2, 0.25) is 0 Å². The van der Waals surface area contributed by atoms with Crippen LogP contribution in [0.1, 0.15) is 37.7 Å².